The summed E-state index contributed by atoms with van der Waals surface area (Å²) in [7, 11) is 1.36. The van der Waals surface area contributed by atoms with Crippen molar-refractivity contribution in [2.24, 2.45) is 0 Å². The maximum atomic E-state index is 11.7. The van der Waals surface area contributed by atoms with E-state index in [0.717, 1.165) is 11.3 Å². The molecule has 0 atom stereocenters. The number of carbonyl (C=O) groups is 1. The summed E-state index contributed by atoms with van der Waals surface area (Å²) in [5, 5.41) is 4.14. The van der Waals surface area contributed by atoms with Crippen molar-refractivity contribution in [3.05, 3.63) is 29.2 Å². The highest BCUT2D eigenvalue weighted by atomic mass is 16.5. The second-order valence-electron chi connectivity index (χ2n) is 4.28. The van der Waals surface area contributed by atoms with Gasteiger partial charge in [0.1, 0.15) is 0 Å². The molecule has 0 unspecified atom stereocenters. The number of nitrogens with zero attached hydrogens (tertiary/aromatic N) is 3. The Labute approximate surface area is 99.4 Å². The van der Waals surface area contributed by atoms with E-state index < -0.39 is 5.97 Å². The molecular weight excluding hydrogens is 218 g/mol. The van der Waals surface area contributed by atoms with Crippen LogP contribution in [0.5, 0.6) is 0 Å². The van der Waals surface area contributed by atoms with E-state index in [1.165, 1.54) is 11.6 Å². The maximum Gasteiger partial charge on any atom is 0.356 e. The van der Waals surface area contributed by atoms with E-state index in [1.807, 2.05) is 20.8 Å². The molecule has 0 aliphatic heterocycles. The molecule has 2 heterocycles. The van der Waals surface area contributed by atoms with Crippen LogP contribution in [0, 0.1) is 6.92 Å². The Kier molecular flexibility index (Phi) is 2.83. The second-order valence-corrected chi connectivity index (χ2v) is 4.28. The second kappa shape index (κ2) is 4.16. The van der Waals surface area contributed by atoms with E-state index in [9.17, 15) is 4.79 Å². The van der Waals surface area contributed by atoms with Gasteiger partial charge in [0.15, 0.2) is 11.3 Å². The fourth-order valence-electron chi connectivity index (χ4n) is 1.64. The van der Waals surface area contributed by atoms with Gasteiger partial charge in [-0.25, -0.2) is 14.3 Å². The lowest BCUT2D eigenvalue weighted by Crippen LogP contribution is -2.12. The van der Waals surface area contributed by atoms with Crippen LogP contribution in [0.2, 0.25) is 0 Å². The zero-order chi connectivity index (χ0) is 12.6. The molecule has 0 radical (unpaired) electrons. The molecule has 2 aromatic rings. The van der Waals surface area contributed by atoms with Gasteiger partial charge in [0.05, 0.1) is 13.3 Å². The highest BCUT2D eigenvalue weighted by Crippen LogP contribution is 2.18. The van der Waals surface area contributed by atoms with Crippen LogP contribution >= 0.6 is 0 Å². The van der Waals surface area contributed by atoms with Crippen molar-refractivity contribution in [1.82, 2.24) is 14.6 Å². The molecule has 17 heavy (non-hydrogen) atoms. The van der Waals surface area contributed by atoms with Crippen LogP contribution in [-0.2, 0) is 4.74 Å². The number of ether oxygens (including phenoxy) is 1. The first kappa shape index (κ1) is 11.6. The molecule has 0 aromatic carbocycles. The van der Waals surface area contributed by atoms with Gasteiger partial charge >= 0.3 is 5.97 Å². The molecule has 0 saturated carbocycles. The number of aryl methyl sites for hydroxylation is 1. The monoisotopic (exact) mass is 233 g/mol. The third-order valence-corrected chi connectivity index (χ3v) is 2.65. The molecule has 0 aliphatic rings. The molecule has 5 nitrogen and oxygen atoms in total. The van der Waals surface area contributed by atoms with Crippen molar-refractivity contribution in [2.75, 3.05) is 7.11 Å². The summed E-state index contributed by atoms with van der Waals surface area (Å²) in [4.78, 5) is 16.2. The van der Waals surface area contributed by atoms with Crippen LogP contribution in [0.1, 0.15) is 41.5 Å². The van der Waals surface area contributed by atoms with Crippen LogP contribution in [-0.4, -0.2) is 27.7 Å². The molecule has 0 aliphatic carbocycles. The number of aromatic nitrogens is 3. The van der Waals surface area contributed by atoms with Gasteiger partial charge in [0.2, 0.25) is 0 Å². The molecule has 0 amide bonds. The lowest BCUT2D eigenvalue weighted by atomic mass is 10.1. The average Bonchev–Trinajstić information content (AvgIpc) is 2.69. The lowest BCUT2D eigenvalue weighted by Gasteiger charge is -2.08. The van der Waals surface area contributed by atoms with E-state index in [4.69, 9.17) is 4.74 Å². The minimum Gasteiger partial charge on any atom is -0.464 e. The number of fused-ring (bicyclic) bond motifs is 1. The summed E-state index contributed by atoms with van der Waals surface area (Å²) in [5.74, 6) is -0.153. The van der Waals surface area contributed by atoms with Crippen molar-refractivity contribution >= 4 is 11.6 Å². The first-order valence-electron chi connectivity index (χ1n) is 5.48. The van der Waals surface area contributed by atoms with Gasteiger partial charge in [-0.05, 0) is 18.9 Å². The molecule has 5 heteroatoms. The van der Waals surface area contributed by atoms with Crippen molar-refractivity contribution in [2.45, 2.75) is 26.7 Å². The average molecular weight is 233 g/mol. The molecular formula is C12H15N3O2. The highest BCUT2D eigenvalue weighted by Gasteiger charge is 2.16. The van der Waals surface area contributed by atoms with E-state index >= 15 is 0 Å². The van der Waals surface area contributed by atoms with Gasteiger partial charge in [-0.3, -0.25) is 0 Å². The summed E-state index contributed by atoms with van der Waals surface area (Å²) >= 11 is 0. The summed E-state index contributed by atoms with van der Waals surface area (Å²) in [6, 6.07) is 1.73. The van der Waals surface area contributed by atoms with Crippen molar-refractivity contribution in [1.29, 1.82) is 0 Å². The minimum atomic E-state index is -0.401. The predicted molar refractivity (Wildman–Crippen MR) is 63.2 cm³/mol. The molecule has 0 N–H and O–H groups in total. The van der Waals surface area contributed by atoms with Gasteiger partial charge in [-0.1, -0.05) is 13.8 Å². The molecule has 2 rings (SSSR count). The van der Waals surface area contributed by atoms with Crippen LogP contribution in [0.3, 0.4) is 0 Å². The standard InChI is InChI=1S/C12H15N3O2/c1-7(2)9-5-10(12(16)17-4)15-11(14-9)8(3)6-13-15/h5-7H,1-4H3. The van der Waals surface area contributed by atoms with Crippen LogP contribution < -0.4 is 0 Å². The summed E-state index contributed by atoms with van der Waals surface area (Å²) in [6.45, 7) is 5.98. The SMILES string of the molecule is COC(=O)c1cc(C(C)C)nc2c(C)cnn12. The number of hydrogen-bond donors (Lipinski definition) is 0. The number of esters is 1. The Morgan fingerprint density at radius 1 is 1.47 bits per heavy atom. The Balaban J connectivity index is 2.75. The van der Waals surface area contributed by atoms with Crippen molar-refractivity contribution in [3.8, 4) is 0 Å². The number of hydrogen-bond acceptors (Lipinski definition) is 4. The Morgan fingerprint density at radius 2 is 2.18 bits per heavy atom. The lowest BCUT2D eigenvalue weighted by molar-refractivity contribution is 0.0590. The molecule has 0 bridgehead atoms. The van der Waals surface area contributed by atoms with Crippen LogP contribution in [0.25, 0.3) is 5.65 Å². The Hall–Kier alpha value is -1.91. The van der Waals surface area contributed by atoms with Gasteiger partial charge < -0.3 is 4.74 Å². The zero-order valence-corrected chi connectivity index (χ0v) is 10.4. The summed E-state index contributed by atoms with van der Waals surface area (Å²) in [6.07, 6.45) is 1.69. The number of methoxy groups -OCH3 is 1. The maximum absolute atomic E-state index is 11.7. The van der Waals surface area contributed by atoms with Crippen molar-refractivity contribution in [3.63, 3.8) is 0 Å². The minimum absolute atomic E-state index is 0.248. The third kappa shape index (κ3) is 1.88. The van der Waals surface area contributed by atoms with Gasteiger partial charge in [-0.15, -0.1) is 0 Å². The van der Waals surface area contributed by atoms with E-state index in [-0.39, 0.29) is 5.92 Å². The van der Waals surface area contributed by atoms with E-state index in [1.54, 1.807) is 12.3 Å². The van der Waals surface area contributed by atoms with Crippen molar-refractivity contribution < 1.29 is 9.53 Å². The zero-order valence-electron chi connectivity index (χ0n) is 10.4. The Morgan fingerprint density at radius 3 is 2.76 bits per heavy atom. The van der Waals surface area contributed by atoms with Gasteiger partial charge in [0.25, 0.3) is 0 Å². The number of carbonyl (C=O) groups excluding carboxylic acids is 1. The third-order valence-electron chi connectivity index (χ3n) is 2.65. The van der Waals surface area contributed by atoms with E-state index in [2.05, 4.69) is 10.1 Å². The first-order valence-corrected chi connectivity index (χ1v) is 5.48. The topological polar surface area (TPSA) is 56.5 Å². The Bertz CT molecular complexity index is 572. The molecule has 0 fully saturated rings. The van der Waals surface area contributed by atoms with Gasteiger partial charge in [-0.2, -0.15) is 5.10 Å². The van der Waals surface area contributed by atoms with Crippen LogP contribution in [0.15, 0.2) is 12.3 Å². The predicted octanol–water partition coefficient (Wildman–Crippen LogP) is 1.95. The molecule has 0 spiro atoms. The van der Waals surface area contributed by atoms with Crippen LogP contribution in [0.4, 0.5) is 0 Å². The molecule has 90 valence electrons. The molecule has 2 aromatic heterocycles. The fourth-order valence-corrected chi connectivity index (χ4v) is 1.64. The first-order chi connectivity index (χ1) is 8.04. The smallest absolute Gasteiger partial charge is 0.356 e. The largest absolute Gasteiger partial charge is 0.464 e. The summed E-state index contributed by atoms with van der Waals surface area (Å²) < 4.78 is 6.28. The molecule has 0 saturated heterocycles. The van der Waals surface area contributed by atoms with Gasteiger partial charge in [0, 0.05) is 11.3 Å². The summed E-state index contributed by atoms with van der Waals surface area (Å²) in [5.41, 5.74) is 2.92. The quantitative estimate of drug-likeness (QED) is 0.744. The normalized spacial score (nSPS) is 11.1. The highest BCUT2D eigenvalue weighted by molar-refractivity contribution is 5.88. The fraction of sp³-hybridized carbons (Fsp3) is 0.417. The van der Waals surface area contributed by atoms with E-state index in [0.29, 0.717) is 11.3 Å². The number of rotatable bonds is 2.